The van der Waals surface area contributed by atoms with E-state index in [0.29, 0.717) is 6.54 Å². The fourth-order valence-electron chi connectivity index (χ4n) is 1.58. The van der Waals surface area contributed by atoms with E-state index in [2.05, 4.69) is 23.3 Å². The first kappa shape index (κ1) is 12.7. The summed E-state index contributed by atoms with van der Waals surface area (Å²) in [5, 5.41) is 26.4. The first-order chi connectivity index (χ1) is 7.48. The minimum atomic E-state index is -0.819. The summed E-state index contributed by atoms with van der Waals surface area (Å²) < 4.78 is 1.70. The van der Waals surface area contributed by atoms with Crippen molar-refractivity contribution in [2.75, 3.05) is 0 Å². The van der Waals surface area contributed by atoms with Gasteiger partial charge in [-0.1, -0.05) is 18.6 Å². The van der Waals surface area contributed by atoms with Gasteiger partial charge in [-0.15, -0.1) is 5.10 Å². The predicted molar refractivity (Wildman–Crippen MR) is 59.6 cm³/mol. The average Bonchev–Trinajstić information content (AvgIpc) is 2.49. The van der Waals surface area contributed by atoms with E-state index in [4.69, 9.17) is 5.26 Å². The van der Waals surface area contributed by atoms with Crippen molar-refractivity contribution in [1.82, 2.24) is 15.0 Å². The van der Waals surface area contributed by atoms with E-state index in [1.165, 1.54) is 0 Å². The molecular formula is C11H18N4O. The first-order valence-electron chi connectivity index (χ1n) is 5.48. The molecule has 0 bridgehead atoms. The number of hydrogen-bond acceptors (Lipinski definition) is 4. The lowest BCUT2D eigenvalue weighted by molar-refractivity contribution is 0.0562. The van der Waals surface area contributed by atoms with Crippen LogP contribution in [-0.4, -0.2) is 25.7 Å². The minimum absolute atomic E-state index is 0.279. The lowest BCUT2D eigenvalue weighted by atomic mass is 10.1. The van der Waals surface area contributed by atoms with Crippen LogP contribution in [0, 0.1) is 11.3 Å². The number of nitriles is 1. The SMILES string of the molecule is CCCc1c(CC#N)nnn1CC(C)(C)O. The van der Waals surface area contributed by atoms with Crippen molar-refractivity contribution >= 4 is 0 Å². The Morgan fingerprint density at radius 3 is 2.69 bits per heavy atom. The van der Waals surface area contributed by atoms with E-state index in [1.807, 2.05) is 0 Å². The van der Waals surface area contributed by atoms with Gasteiger partial charge in [0.15, 0.2) is 0 Å². The number of rotatable bonds is 5. The molecule has 0 spiro atoms. The molecule has 0 aliphatic heterocycles. The second kappa shape index (κ2) is 5.08. The summed E-state index contributed by atoms with van der Waals surface area (Å²) >= 11 is 0. The highest BCUT2D eigenvalue weighted by molar-refractivity contribution is 5.14. The molecule has 1 heterocycles. The van der Waals surface area contributed by atoms with Crippen LogP contribution in [0.1, 0.15) is 38.6 Å². The normalized spacial score (nSPS) is 11.4. The summed E-state index contributed by atoms with van der Waals surface area (Å²) in [5.41, 5.74) is 0.875. The van der Waals surface area contributed by atoms with Crippen LogP contribution in [0.3, 0.4) is 0 Å². The molecule has 0 amide bonds. The molecule has 5 nitrogen and oxygen atoms in total. The molecule has 0 saturated carbocycles. The largest absolute Gasteiger partial charge is 0.389 e. The van der Waals surface area contributed by atoms with Crippen LogP contribution in [0.15, 0.2) is 0 Å². The highest BCUT2D eigenvalue weighted by Gasteiger charge is 2.19. The summed E-state index contributed by atoms with van der Waals surface area (Å²) in [5.74, 6) is 0. The molecule has 0 atom stereocenters. The summed E-state index contributed by atoms with van der Waals surface area (Å²) in [6.45, 7) is 5.93. The van der Waals surface area contributed by atoms with Crippen molar-refractivity contribution in [3.05, 3.63) is 11.4 Å². The van der Waals surface area contributed by atoms with Crippen molar-refractivity contribution in [1.29, 1.82) is 5.26 Å². The zero-order valence-electron chi connectivity index (χ0n) is 10.1. The maximum Gasteiger partial charge on any atom is 0.0999 e. The van der Waals surface area contributed by atoms with E-state index >= 15 is 0 Å². The monoisotopic (exact) mass is 222 g/mol. The Kier molecular flexibility index (Phi) is 4.02. The maximum absolute atomic E-state index is 9.75. The van der Waals surface area contributed by atoms with Crippen molar-refractivity contribution < 1.29 is 5.11 Å². The fourth-order valence-corrected chi connectivity index (χ4v) is 1.58. The van der Waals surface area contributed by atoms with Crippen LogP contribution >= 0.6 is 0 Å². The van der Waals surface area contributed by atoms with Gasteiger partial charge in [0.2, 0.25) is 0 Å². The van der Waals surface area contributed by atoms with Crippen molar-refractivity contribution in [2.45, 2.75) is 52.2 Å². The van der Waals surface area contributed by atoms with Crippen molar-refractivity contribution in [2.24, 2.45) is 0 Å². The molecule has 0 fully saturated rings. The van der Waals surface area contributed by atoms with Crippen LogP contribution in [0.2, 0.25) is 0 Å². The molecule has 16 heavy (non-hydrogen) atoms. The van der Waals surface area contributed by atoms with Crippen molar-refractivity contribution in [3.8, 4) is 6.07 Å². The van der Waals surface area contributed by atoms with Gasteiger partial charge >= 0.3 is 0 Å². The highest BCUT2D eigenvalue weighted by Crippen LogP contribution is 2.13. The maximum atomic E-state index is 9.75. The van der Waals surface area contributed by atoms with Gasteiger partial charge in [0, 0.05) is 0 Å². The van der Waals surface area contributed by atoms with E-state index < -0.39 is 5.60 Å². The van der Waals surface area contributed by atoms with Gasteiger partial charge in [-0.05, 0) is 20.3 Å². The van der Waals surface area contributed by atoms with E-state index in [-0.39, 0.29) is 6.42 Å². The van der Waals surface area contributed by atoms with Gasteiger partial charge in [-0.2, -0.15) is 5.26 Å². The van der Waals surface area contributed by atoms with Crippen LogP contribution in [-0.2, 0) is 19.4 Å². The quantitative estimate of drug-likeness (QED) is 0.808. The Labute approximate surface area is 95.7 Å². The van der Waals surface area contributed by atoms with Crippen molar-refractivity contribution in [3.63, 3.8) is 0 Å². The van der Waals surface area contributed by atoms with E-state index in [1.54, 1.807) is 18.5 Å². The number of aliphatic hydroxyl groups is 1. The van der Waals surface area contributed by atoms with Gasteiger partial charge < -0.3 is 5.11 Å². The average molecular weight is 222 g/mol. The van der Waals surface area contributed by atoms with Gasteiger partial charge in [-0.3, -0.25) is 0 Å². The lowest BCUT2D eigenvalue weighted by Crippen LogP contribution is -2.27. The first-order valence-corrected chi connectivity index (χ1v) is 5.48. The van der Waals surface area contributed by atoms with Gasteiger partial charge in [-0.25, -0.2) is 4.68 Å². The Bertz CT molecular complexity index is 384. The third kappa shape index (κ3) is 3.31. The smallest absolute Gasteiger partial charge is 0.0999 e. The second-order valence-electron chi connectivity index (χ2n) is 4.54. The molecule has 1 aromatic heterocycles. The van der Waals surface area contributed by atoms with Crippen LogP contribution < -0.4 is 0 Å². The molecule has 0 aliphatic carbocycles. The number of aromatic nitrogens is 3. The summed E-state index contributed by atoms with van der Waals surface area (Å²) in [6.07, 6.45) is 2.08. The fraction of sp³-hybridized carbons (Fsp3) is 0.727. The summed E-state index contributed by atoms with van der Waals surface area (Å²) in [6, 6.07) is 2.08. The summed E-state index contributed by atoms with van der Waals surface area (Å²) in [7, 11) is 0. The molecule has 0 aromatic carbocycles. The number of hydrogen-bond donors (Lipinski definition) is 1. The highest BCUT2D eigenvalue weighted by atomic mass is 16.3. The van der Waals surface area contributed by atoms with Gasteiger partial charge in [0.05, 0.1) is 36.0 Å². The molecule has 5 heteroatoms. The van der Waals surface area contributed by atoms with Crippen LogP contribution in [0.25, 0.3) is 0 Å². The van der Waals surface area contributed by atoms with Gasteiger partial charge in [0.25, 0.3) is 0 Å². The van der Waals surface area contributed by atoms with Gasteiger partial charge in [0.1, 0.15) is 0 Å². The molecule has 0 aliphatic rings. The third-order valence-electron chi connectivity index (χ3n) is 2.19. The van der Waals surface area contributed by atoms with E-state index in [9.17, 15) is 5.11 Å². The minimum Gasteiger partial charge on any atom is -0.389 e. The molecule has 0 saturated heterocycles. The Morgan fingerprint density at radius 1 is 1.50 bits per heavy atom. The third-order valence-corrected chi connectivity index (χ3v) is 2.19. The molecule has 88 valence electrons. The van der Waals surface area contributed by atoms with Crippen LogP contribution in [0.5, 0.6) is 0 Å². The molecular weight excluding hydrogens is 204 g/mol. The molecule has 1 rings (SSSR count). The standard InChI is InChI=1S/C11H18N4O/c1-4-5-10-9(6-7-12)13-14-15(10)8-11(2,3)16/h16H,4-6,8H2,1-3H3. The molecule has 0 unspecified atom stereocenters. The second-order valence-corrected chi connectivity index (χ2v) is 4.54. The summed E-state index contributed by atoms with van der Waals surface area (Å²) in [4.78, 5) is 0. The molecule has 1 N–H and O–H groups in total. The Morgan fingerprint density at radius 2 is 2.19 bits per heavy atom. The topological polar surface area (TPSA) is 74.7 Å². The lowest BCUT2D eigenvalue weighted by Gasteiger charge is -2.18. The Balaban J connectivity index is 2.96. The predicted octanol–water partition coefficient (Wildman–Crippen LogP) is 1.07. The van der Waals surface area contributed by atoms with Crippen LogP contribution in [0.4, 0.5) is 0 Å². The zero-order chi connectivity index (χ0) is 12.2. The molecule has 0 radical (unpaired) electrons. The Hall–Kier alpha value is -1.41. The zero-order valence-corrected chi connectivity index (χ0v) is 10.1. The molecule has 1 aromatic rings. The number of nitrogens with zero attached hydrogens (tertiary/aromatic N) is 4. The van der Waals surface area contributed by atoms with E-state index in [0.717, 1.165) is 24.2 Å².